The molecule has 3 nitrogen and oxygen atoms in total. The third-order valence-electron chi connectivity index (χ3n) is 2.68. The molecule has 1 saturated carbocycles. The molecule has 86 valence electrons. The van der Waals surface area contributed by atoms with Gasteiger partial charge in [-0.3, -0.25) is 9.79 Å². The summed E-state index contributed by atoms with van der Waals surface area (Å²) in [5.41, 5.74) is 1.39. The Morgan fingerprint density at radius 1 is 1.35 bits per heavy atom. The second-order valence-electron chi connectivity index (χ2n) is 4.02. The average Bonchev–Trinajstić information content (AvgIpc) is 2.29. The van der Waals surface area contributed by atoms with Gasteiger partial charge in [0.05, 0.1) is 11.3 Å². The molecule has 1 aromatic rings. The Kier molecular flexibility index (Phi) is 3.29. The normalized spacial score (nSPS) is 18.1. The maximum Gasteiger partial charge on any atom is 0.138 e. The number of nitrogens with zero attached hydrogens (tertiary/aromatic N) is 2. The van der Waals surface area contributed by atoms with Crippen molar-refractivity contribution in [2.24, 2.45) is 4.99 Å². The molecule has 4 heteroatoms. The molecule has 0 aliphatic heterocycles. The lowest BCUT2D eigenvalue weighted by Gasteiger charge is -2.11. The van der Waals surface area contributed by atoms with Crippen LogP contribution in [-0.4, -0.2) is 11.5 Å². The molecule has 0 N–H and O–H groups in total. The number of carbonyl (C=O) groups is 1. The molecule has 17 heavy (non-hydrogen) atoms. The lowest BCUT2D eigenvalue weighted by atomic mass is 9.97. The van der Waals surface area contributed by atoms with E-state index in [4.69, 9.17) is 5.26 Å². The number of hydrogen-bond acceptors (Lipinski definition) is 3. The van der Waals surface area contributed by atoms with E-state index in [0.717, 1.165) is 18.6 Å². The van der Waals surface area contributed by atoms with E-state index in [-0.39, 0.29) is 5.78 Å². The molecule has 0 radical (unpaired) electrons. The van der Waals surface area contributed by atoms with Crippen molar-refractivity contribution in [2.75, 3.05) is 0 Å². The molecular weight excluding hydrogens is 219 g/mol. The van der Waals surface area contributed by atoms with Crippen LogP contribution < -0.4 is 0 Å². The van der Waals surface area contributed by atoms with Gasteiger partial charge in [-0.05, 0) is 25.0 Å². The van der Waals surface area contributed by atoms with E-state index in [2.05, 4.69) is 4.99 Å². The Balaban J connectivity index is 2.34. The number of Topliss-reactive ketones (excluding diaryl/α,β-unsaturated/α-hetero) is 1. The summed E-state index contributed by atoms with van der Waals surface area (Å²) in [6, 6.07) is 5.82. The van der Waals surface area contributed by atoms with E-state index in [1.165, 1.54) is 18.2 Å². The number of benzene rings is 1. The maximum atomic E-state index is 13.1. The van der Waals surface area contributed by atoms with Gasteiger partial charge in [0.25, 0.3) is 0 Å². The molecule has 0 atom stereocenters. The standard InChI is InChI=1S/C13H11FN2O/c14-10-5-4-9(8-15)13(6-10)16-11-2-1-3-12(17)7-11/h4-6H,1-3,7H2. The van der Waals surface area contributed by atoms with E-state index in [1.807, 2.05) is 6.07 Å². The van der Waals surface area contributed by atoms with E-state index in [0.29, 0.717) is 24.1 Å². The van der Waals surface area contributed by atoms with Crippen molar-refractivity contribution in [3.63, 3.8) is 0 Å². The highest BCUT2D eigenvalue weighted by Gasteiger charge is 2.15. The molecule has 0 saturated heterocycles. The second-order valence-corrected chi connectivity index (χ2v) is 4.02. The van der Waals surface area contributed by atoms with Crippen LogP contribution in [0.1, 0.15) is 31.2 Å². The average molecular weight is 230 g/mol. The summed E-state index contributed by atoms with van der Waals surface area (Å²) in [5, 5.41) is 8.88. The van der Waals surface area contributed by atoms with Gasteiger partial charge in [0, 0.05) is 24.6 Å². The van der Waals surface area contributed by atoms with Gasteiger partial charge in [-0.25, -0.2) is 4.39 Å². The van der Waals surface area contributed by atoms with Gasteiger partial charge in [0.15, 0.2) is 0 Å². The van der Waals surface area contributed by atoms with Crippen molar-refractivity contribution in [1.29, 1.82) is 5.26 Å². The Labute approximate surface area is 98.6 Å². The Morgan fingerprint density at radius 2 is 2.18 bits per heavy atom. The molecular formula is C13H11FN2O. The minimum absolute atomic E-state index is 0.157. The fourth-order valence-electron chi connectivity index (χ4n) is 1.85. The fraction of sp³-hybridized carbons (Fsp3) is 0.308. The zero-order valence-electron chi connectivity index (χ0n) is 9.24. The SMILES string of the molecule is N#Cc1ccc(F)cc1N=C1CCCC(=O)C1. The third-order valence-corrected chi connectivity index (χ3v) is 2.68. The number of aliphatic imine (C=N–C) groups is 1. The van der Waals surface area contributed by atoms with Crippen LogP contribution in [0.25, 0.3) is 0 Å². The van der Waals surface area contributed by atoms with Crippen LogP contribution in [0.15, 0.2) is 23.2 Å². The highest BCUT2D eigenvalue weighted by molar-refractivity contribution is 6.05. The number of halogens is 1. The van der Waals surface area contributed by atoms with E-state index in [1.54, 1.807) is 0 Å². The van der Waals surface area contributed by atoms with Gasteiger partial charge >= 0.3 is 0 Å². The van der Waals surface area contributed by atoms with Gasteiger partial charge in [-0.2, -0.15) is 5.26 Å². The van der Waals surface area contributed by atoms with E-state index in [9.17, 15) is 9.18 Å². The van der Waals surface area contributed by atoms with Gasteiger partial charge in [0.1, 0.15) is 17.7 Å². The van der Waals surface area contributed by atoms with Gasteiger partial charge < -0.3 is 0 Å². The highest BCUT2D eigenvalue weighted by Crippen LogP contribution is 2.23. The summed E-state index contributed by atoms with van der Waals surface area (Å²) in [4.78, 5) is 15.5. The summed E-state index contributed by atoms with van der Waals surface area (Å²) >= 11 is 0. The second kappa shape index (κ2) is 4.88. The quantitative estimate of drug-likeness (QED) is 0.744. The molecule has 0 aromatic heterocycles. The van der Waals surface area contributed by atoms with Crippen LogP contribution in [0, 0.1) is 17.1 Å². The minimum atomic E-state index is -0.425. The first kappa shape index (κ1) is 11.5. The molecule has 0 bridgehead atoms. The summed E-state index contributed by atoms with van der Waals surface area (Å²) < 4.78 is 13.1. The molecule has 0 heterocycles. The lowest BCUT2D eigenvalue weighted by Crippen LogP contribution is -2.14. The molecule has 1 aliphatic carbocycles. The molecule has 2 rings (SSSR count). The highest BCUT2D eigenvalue weighted by atomic mass is 19.1. The Bertz CT molecular complexity index is 529. The first-order chi connectivity index (χ1) is 8.19. The molecule has 0 unspecified atom stereocenters. The van der Waals surface area contributed by atoms with Crippen LogP contribution >= 0.6 is 0 Å². The number of ketones is 1. The van der Waals surface area contributed by atoms with Crippen LogP contribution in [0.4, 0.5) is 10.1 Å². The zero-order chi connectivity index (χ0) is 12.3. The predicted molar refractivity (Wildman–Crippen MR) is 61.7 cm³/mol. The smallest absolute Gasteiger partial charge is 0.138 e. The zero-order valence-corrected chi connectivity index (χ0v) is 9.24. The Morgan fingerprint density at radius 3 is 2.88 bits per heavy atom. The van der Waals surface area contributed by atoms with Crippen LogP contribution in [0.2, 0.25) is 0 Å². The van der Waals surface area contributed by atoms with Crippen molar-refractivity contribution >= 4 is 17.2 Å². The topological polar surface area (TPSA) is 53.2 Å². The monoisotopic (exact) mass is 230 g/mol. The Hall–Kier alpha value is -2.02. The van der Waals surface area contributed by atoms with Gasteiger partial charge in [-0.15, -0.1) is 0 Å². The summed E-state index contributed by atoms with van der Waals surface area (Å²) in [6.45, 7) is 0. The van der Waals surface area contributed by atoms with Crippen molar-refractivity contribution in [3.05, 3.63) is 29.6 Å². The summed E-state index contributed by atoms with van der Waals surface area (Å²) in [5.74, 6) is -0.268. The van der Waals surface area contributed by atoms with Crippen molar-refractivity contribution in [2.45, 2.75) is 25.7 Å². The molecule has 1 fully saturated rings. The van der Waals surface area contributed by atoms with Crippen LogP contribution in [-0.2, 0) is 4.79 Å². The van der Waals surface area contributed by atoms with Crippen molar-refractivity contribution < 1.29 is 9.18 Å². The first-order valence-corrected chi connectivity index (χ1v) is 5.47. The first-order valence-electron chi connectivity index (χ1n) is 5.47. The van der Waals surface area contributed by atoms with Crippen LogP contribution in [0.3, 0.4) is 0 Å². The number of nitriles is 1. The number of rotatable bonds is 1. The predicted octanol–water partition coefficient (Wildman–Crippen LogP) is 2.91. The largest absolute Gasteiger partial charge is 0.299 e. The van der Waals surface area contributed by atoms with Crippen molar-refractivity contribution in [1.82, 2.24) is 0 Å². The number of carbonyl (C=O) groups excluding carboxylic acids is 1. The molecule has 1 aliphatic rings. The van der Waals surface area contributed by atoms with Gasteiger partial charge in [0.2, 0.25) is 0 Å². The van der Waals surface area contributed by atoms with E-state index < -0.39 is 5.82 Å². The minimum Gasteiger partial charge on any atom is -0.299 e. The fourth-order valence-corrected chi connectivity index (χ4v) is 1.85. The van der Waals surface area contributed by atoms with Crippen LogP contribution in [0.5, 0.6) is 0 Å². The number of hydrogen-bond donors (Lipinski definition) is 0. The van der Waals surface area contributed by atoms with E-state index >= 15 is 0 Å². The molecule has 1 aromatic carbocycles. The van der Waals surface area contributed by atoms with Crippen molar-refractivity contribution in [3.8, 4) is 6.07 Å². The maximum absolute atomic E-state index is 13.1. The summed E-state index contributed by atoms with van der Waals surface area (Å²) in [6.07, 6.45) is 2.44. The molecule has 0 spiro atoms. The summed E-state index contributed by atoms with van der Waals surface area (Å²) in [7, 11) is 0. The third kappa shape index (κ3) is 2.76. The molecule has 0 amide bonds. The lowest BCUT2D eigenvalue weighted by molar-refractivity contribution is -0.118. The van der Waals surface area contributed by atoms with Gasteiger partial charge in [-0.1, -0.05) is 0 Å².